The SMILES string of the molecule is CC(O)(CNC1CCC(n2c(=O)[nH]c3cnccc32)CC1)c1ccccc1. The maximum Gasteiger partial charge on any atom is 0.326 e. The molecular formula is C21H26N4O2. The van der Waals surface area contributed by atoms with Crippen molar-refractivity contribution in [2.24, 2.45) is 0 Å². The second-order valence-corrected chi connectivity index (χ2v) is 7.72. The van der Waals surface area contributed by atoms with Crippen molar-refractivity contribution < 1.29 is 5.11 Å². The van der Waals surface area contributed by atoms with Crippen LogP contribution in [0.25, 0.3) is 11.0 Å². The highest BCUT2D eigenvalue weighted by atomic mass is 16.3. The summed E-state index contributed by atoms with van der Waals surface area (Å²) in [5.74, 6) is 0. The molecule has 0 spiro atoms. The first-order valence-corrected chi connectivity index (χ1v) is 9.60. The van der Waals surface area contributed by atoms with Gasteiger partial charge in [0.1, 0.15) is 0 Å². The zero-order chi connectivity index (χ0) is 18.9. The molecule has 0 aliphatic heterocycles. The van der Waals surface area contributed by atoms with Crippen molar-refractivity contribution in [1.29, 1.82) is 0 Å². The van der Waals surface area contributed by atoms with Gasteiger partial charge in [0.2, 0.25) is 0 Å². The Morgan fingerprint density at radius 3 is 2.70 bits per heavy atom. The molecule has 0 saturated heterocycles. The van der Waals surface area contributed by atoms with Gasteiger partial charge in [0.15, 0.2) is 0 Å². The van der Waals surface area contributed by atoms with E-state index in [1.54, 1.807) is 12.4 Å². The van der Waals surface area contributed by atoms with E-state index in [1.807, 2.05) is 47.9 Å². The molecule has 1 fully saturated rings. The van der Waals surface area contributed by atoms with E-state index in [0.29, 0.717) is 12.6 Å². The predicted octanol–water partition coefficient (Wildman–Crippen LogP) is 2.71. The highest BCUT2D eigenvalue weighted by molar-refractivity contribution is 5.73. The minimum Gasteiger partial charge on any atom is -0.384 e. The van der Waals surface area contributed by atoms with Gasteiger partial charge in [-0.2, -0.15) is 0 Å². The van der Waals surface area contributed by atoms with E-state index in [9.17, 15) is 9.90 Å². The van der Waals surface area contributed by atoms with Crippen LogP contribution >= 0.6 is 0 Å². The summed E-state index contributed by atoms with van der Waals surface area (Å²) in [6.07, 6.45) is 7.29. The zero-order valence-electron chi connectivity index (χ0n) is 15.6. The van der Waals surface area contributed by atoms with Crippen LogP contribution in [0.15, 0.2) is 53.6 Å². The Labute approximate surface area is 158 Å². The fourth-order valence-corrected chi connectivity index (χ4v) is 4.12. The average molecular weight is 366 g/mol. The lowest BCUT2D eigenvalue weighted by Gasteiger charge is -2.32. The number of nitrogens with one attached hydrogen (secondary N) is 2. The first kappa shape index (κ1) is 17.9. The molecule has 2 heterocycles. The summed E-state index contributed by atoms with van der Waals surface area (Å²) in [5, 5.41) is 14.3. The van der Waals surface area contributed by atoms with Crippen molar-refractivity contribution in [3.05, 3.63) is 64.8 Å². The summed E-state index contributed by atoms with van der Waals surface area (Å²) in [7, 11) is 0. The van der Waals surface area contributed by atoms with E-state index in [0.717, 1.165) is 42.3 Å². The van der Waals surface area contributed by atoms with Gasteiger partial charge in [0.25, 0.3) is 0 Å². The molecule has 142 valence electrons. The van der Waals surface area contributed by atoms with Gasteiger partial charge < -0.3 is 15.4 Å². The molecule has 3 N–H and O–H groups in total. The van der Waals surface area contributed by atoms with Crippen molar-refractivity contribution in [2.75, 3.05) is 6.54 Å². The van der Waals surface area contributed by atoms with Gasteiger partial charge in [-0.1, -0.05) is 30.3 Å². The van der Waals surface area contributed by atoms with Gasteiger partial charge in [-0.15, -0.1) is 0 Å². The van der Waals surface area contributed by atoms with Crippen molar-refractivity contribution >= 4 is 11.0 Å². The second-order valence-electron chi connectivity index (χ2n) is 7.72. The lowest BCUT2D eigenvalue weighted by Crippen LogP contribution is -2.42. The van der Waals surface area contributed by atoms with Crippen LogP contribution in [-0.2, 0) is 5.60 Å². The van der Waals surface area contributed by atoms with E-state index in [-0.39, 0.29) is 11.7 Å². The van der Waals surface area contributed by atoms with E-state index in [2.05, 4.69) is 15.3 Å². The molecule has 6 heteroatoms. The van der Waals surface area contributed by atoms with Gasteiger partial charge in [-0.05, 0) is 44.2 Å². The number of nitrogens with zero attached hydrogens (tertiary/aromatic N) is 2. The zero-order valence-corrected chi connectivity index (χ0v) is 15.6. The normalized spacial score (nSPS) is 22.6. The number of aliphatic hydroxyl groups is 1. The Hall–Kier alpha value is -2.44. The Morgan fingerprint density at radius 2 is 1.96 bits per heavy atom. The number of aromatic amines is 1. The van der Waals surface area contributed by atoms with Crippen LogP contribution in [-0.4, -0.2) is 32.2 Å². The number of hydrogen-bond donors (Lipinski definition) is 3. The largest absolute Gasteiger partial charge is 0.384 e. The molecule has 1 unspecified atom stereocenters. The van der Waals surface area contributed by atoms with Gasteiger partial charge in [-0.3, -0.25) is 9.55 Å². The topological polar surface area (TPSA) is 82.9 Å². The van der Waals surface area contributed by atoms with Crippen LogP contribution in [0.5, 0.6) is 0 Å². The van der Waals surface area contributed by atoms with E-state index >= 15 is 0 Å². The van der Waals surface area contributed by atoms with E-state index in [4.69, 9.17) is 0 Å². The molecule has 6 nitrogen and oxygen atoms in total. The van der Waals surface area contributed by atoms with Gasteiger partial charge in [0, 0.05) is 24.8 Å². The highest BCUT2D eigenvalue weighted by Gasteiger charge is 2.28. The molecule has 27 heavy (non-hydrogen) atoms. The highest BCUT2D eigenvalue weighted by Crippen LogP contribution is 2.30. The molecule has 0 amide bonds. The van der Waals surface area contributed by atoms with E-state index < -0.39 is 5.60 Å². The number of rotatable bonds is 5. The van der Waals surface area contributed by atoms with Crippen LogP contribution in [0, 0.1) is 0 Å². The maximum absolute atomic E-state index is 12.4. The number of H-pyrrole nitrogens is 1. The second kappa shape index (κ2) is 7.29. The molecule has 4 rings (SSSR count). The van der Waals surface area contributed by atoms with Gasteiger partial charge >= 0.3 is 5.69 Å². The smallest absolute Gasteiger partial charge is 0.326 e. The number of fused-ring (bicyclic) bond motifs is 1. The number of hydrogen-bond acceptors (Lipinski definition) is 4. The Balaban J connectivity index is 1.38. The molecule has 3 aromatic rings. The van der Waals surface area contributed by atoms with Crippen LogP contribution in [0.3, 0.4) is 0 Å². The Kier molecular flexibility index (Phi) is 4.85. The molecule has 1 aliphatic carbocycles. The van der Waals surface area contributed by atoms with Crippen molar-refractivity contribution in [3.63, 3.8) is 0 Å². The number of aromatic nitrogens is 3. The van der Waals surface area contributed by atoms with Crippen molar-refractivity contribution in [1.82, 2.24) is 19.9 Å². The van der Waals surface area contributed by atoms with Gasteiger partial charge in [-0.25, -0.2) is 4.79 Å². The summed E-state index contributed by atoms with van der Waals surface area (Å²) in [4.78, 5) is 19.3. The van der Waals surface area contributed by atoms with Crippen molar-refractivity contribution in [2.45, 2.75) is 50.3 Å². The quantitative estimate of drug-likeness (QED) is 0.648. The molecule has 0 bridgehead atoms. The summed E-state index contributed by atoms with van der Waals surface area (Å²) >= 11 is 0. The van der Waals surface area contributed by atoms with Crippen molar-refractivity contribution in [3.8, 4) is 0 Å². The predicted molar refractivity (Wildman–Crippen MR) is 106 cm³/mol. The number of benzene rings is 1. The Bertz CT molecular complexity index is 953. The molecular weight excluding hydrogens is 340 g/mol. The Morgan fingerprint density at radius 1 is 1.22 bits per heavy atom. The molecule has 1 aromatic carbocycles. The third-order valence-corrected chi connectivity index (χ3v) is 5.71. The fraction of sp³-hybridized carbons (Fsp3) is 0.429. The number of imidazole rings is 1. The first-order valence-electron chi connectivity index (χ1n) is 9.60. The summed E-state index contributed by atoms with van der Waals surface area (Å²) < 4.78 is 1.88. The fourth-order valence-electron chi connectivity index (χ4n) is 4.12. The molecule has 1 atom stereocenters. The van der Waals surface area contributed by atoms with Crippen LogP contribution in [0.1, 0.15) is 44.2 Å². The number of pyridine rings is 1. The van der Waals surface area contributed by atoms with Crippen LogP contribution in [0.2, 0.25) is 0 Å². The van der Waals surface area contributed by atoms with E-state index in [1.165, 1.54) is 0 Å². The standard InChI is InChI=1S/C21H26N4O2/c1-21(27,15-5-3-2-4-6-15)14-23-16-7-9-17(10-8-16)25-19-11-12-22-13-18(19)24-20(25)26/h2-6,11-13,16-17,23,27H,7-10,14H2,1H3,(H,24,26). The minimum absolute atomic E-state index is 0.0542. The first-order chi connectivity index (χ1) is 13.0. The lowest BCUT2D eigenvalue weighted by molar-refractivity contribution is 0.0515. The molecule has 1 saturated carbocycles. The average Bonchev–Trinajstić information content (AvgIpc) is 3.03. The summed E-state index contributed by atoms with van der Waals surface area (Å²) in [6.45, 7) is 2.37. The third-order valence-electron chi connectivity index (χ3n) is 5.71. The lowest BCUT2D eigenvalue weighted by atomic mass is 9.89. The molecule has 2 aromatic heterocycles. The third kappa shape index (κ3) is 3.68. The van der Waals surface area contributed by atoms with Gasteiger partial charge in [0.05, 0.1) is 22.8 Å². The molecule has 1 aliphatic rings. The van der Waals surface area contributed by atoms with Crippen LogP contribution in [0.4, 0.5) is 0 Å². The van der Waals surface area contributed by atoms with Crippen LogP contribution < -0.4 is 11.0 Å². The minimum atomic E-state index is -0.890. The monoisotopic (exact) mass is 366 g/mol. The summed E-state index contributed by atoms with van der Waals surface area (Å²) in [6, 6.07) is 12.2. The molecule has 0 radical (unpaired) electrons. The maximum atomic E-state index is 12.4. The summed E-state index contributed by atoms with van der Waals surface area (Å²) in [5.41, 5.74) is 1.70.